The maximum atomic E-state index is 13.8. The number of sulfonamides is 1. The smallest absolute Gasteiger partial charge is 0.454 e. The molecule has 0 fully saturated rings. The van der Waals surface area contributed by atoms with Crippen molar-refractivity contribution in [3.63, 3.8) is 0 Å². The molecule has 1 aliphatic rings. The van der Waals surface area contributed by atoms with E-state index >= 15 is 0 Å². The van der Waals surface area contributed by atoms with Crippen LogP contribution in [0, 0.1) is 15.5 Å². The van der Waals surface area contributed by atoms with Crippen molar-refractivity contribution in [2.75, 3.05) is 19.9 Å². The SMILES string of the molecule is CC(O)C(Cc1ccccc1)NC(=O)ON(CC(C)(C)CCOC(=O)Oc1ccc([N+](=O)[O-])cc1)S(=O)(=O)c1ccc2c(c1)OCO2. The maximum absolute atomic E-state index is 13.8. The molecule has 0 saturated carbocycles. The van der Waals surface area contributed by atoms with Crippen LogP contribution < -0.4 is 19.5 Å². The van der Waals surface area contributed by atoms with E-state index in [1.54, 1.807) is 13.8 Å². The Morgan fingerprint density at radius 3 is 2.40 bits per heavy atom. The first kappa shape index (κ1) is 34.9. The van der Waals surface area contributed by atoms with Crippen molar-refractivity contribution >= 4 is 28.0 Å². The minimum absolute atomic E-state index is 0.0306. The predicted molar refractivity (Wildman–Crippen MR) is 165 cm³/mol. The van der Waals surface area contributed by atoms with E-state index in [2.05, 4.69) is 5.32 Å². The van der Waals surface area contributed by atoms with Crippen molar-refractivity contribution in [3.05, 3.63) is 88.5 Å². The van der Waals surface area contributed by atoms with Crippen LogP contribution in [0.2, 0.25) is 0 Å². The molecule has 2 atom stereocenters. The van der Waals surface area contributed by atoms with Gasteiger partial charge in [-0.15, -0.1) is 0 Å². The predicted octanol–water partition coefficient (Wildman–Crippen LogP) is 4.58. The molecule has 3 aromatic carbocycles. The van der Waals surface area contributed by atoms with Gasteiger partial charge in [0.05, 0.1) is 35.1 Å². The van der Waals surface area contributed by atoms with Crippen LogP contribution >= 0.6 is 0 Å². The zero-order valence-electron chi connectivity index (χ0n) is 25.9. The summed E-state index contributed by atoms with van der Waals surface area (Å²) in [5, 5.41) is 23.7. The van der Waals surface area contributed by atoms with Gasteiger partial charge in [-0.25, -0.2) is 18.0 Å². The summed E-state index contributed by atoms with van der Waals surface area (Å²) >= 11 is 0. The van der Waals surface area contributed by atoms with Gasteiger partial charge < -0.3 is 34.2 Å². The van der Waals surface area contributed by atoms with Gasteiger partial charge in [0, 0.05) is 18.2 Å². The van der Waals surface area contributed by atoms with Crippen molar-refractivity contribution in [1.29, 1.82) is 0 Å². The fourth-order valence-electron chi connectivity index (χ4n) is 4.40. The highest BCUT2D eigenvalue weighted by atomic mass is 32.2. The maximum Gasteiger partial charge on any atom is 0.513 e. The molecule has 0 bridgehead atoms. The van der Waals surface area contributed by atoms with Crippen LogP contribution in [0.1, 0.15) is 32.8 Å². The van der Waals surface area contributed by atoms with Crippen LogP contribution in [-0.4, -0.2) is 67.3 Å². The van der Waals surface area contributed by atoms with Gasteiger partial charge in [-0.1, -0.05) is 44.2 Å². The Morgan fingerprint density at radius 2 is 1.74 bits per heavy atom. The highest BCUT2D eigenvalue weighted by molar-refractivity contribution is 7.89. The fourth-order valence-corrected chi connectivity index (χ4v) is 5.82. The second-order valence-electron chi connectivity index (χ2n) is 11.4. The van der Waals surface area contributed by atoms with Gasteiger partial charge in [0.25, 0.3) is 15.7 Å². The quantitative estimate of drug-likeness (QED) is 0.105. The Morgan fingerprint density at radius 1 is 1.06 bits per heavy atom. The van der Waals surface area contributed by atoms with Crippen LogP contribution in [0.5, 0.6) is 17.2 Å². The summed E-state index contributed by atoms with van der Waals surface area (Å²) in [6.07, 6.45) is -2.83. The lowest BCUT2D eigenvalue weighted by molar-refractivity contribution is -0.384. The molecule has 1 amide bonds. The second-order valence-corrected chi connectivity index (χ2v) is 13.2. The number of hydrogen-bond donors (Lipinski definition) is 2. The number of aliphatic hydroxyl groups is 1. The Balaban J connectivity index is 1.45. The lowest BCUT2D eigenvalue weighted by Gasteiger charge is -2.31. The first-order valence-electron chi connectivity index (χ1n) is 14.5. The van der Waals surface area contributed by atoms with Crippen molar-refractivity contribution in [2.45, 2.75) is 50.7 Å². The third-order valence-electron chi connectivity index (χ3n) is 7.08. The summed E-state index contributed by atoms with van der Waals surface area (Å²) < 4.78 is 49.0. The van der Waals surface area contributed by atoms with E-state index in [-0.39, 0.29) is 54.9 Å². The summed E-state index contributed by atoms with van der Waals surface area (Å²) in [5.74, 6) is 0.586. The van der Waals surface area contributed by atoms with Crippen LogP contribution in [0.4, 0.5) is 15.3 Å². The molecule has 2 unspecified atom stereocenters. The third-order valence-corrected chi connectivity index (χ3v) is 8.67. The standard InChI is InChI=1S/C31H35N3O12S/c1-21(35)26(17-22-7-5-4-6-8-22)32-29(36)46-33(47(40,41)25-13-14-27-28(18-25)44-20-43-27)19-31(2,3)15-16-42-30(37)45-24-11-9-23(10-12-24)34(38)39/h4-14,18,21,26,35H,15-17,19-20H2,1-3H3,(H,32,36). The summed E-state index contributed by atoms with van der Waals surface area (Å²) in [5.41, 5.74) is -0.289. The number of fused-ring (bicyclic) bond motifs is 1. The number of hydroxylamine groups is 1. The number of nitrogens with one attached hydrogen (secondary N) is 1. The minimum atomic E-state index is -4.49. The molecular formula is C31H35N3O12S. The molecule has 3 aromatic rings. The lowest BCUT2D eigenvalue weighted by atomic mass is 9.90. The Labute approximate surface area is 271 Å². The van der Waals surface area contributed by atoms with E-state index in [1.807, 2.05) is 30.3 Å². The normalized spacial score (nSPS) is 13.8. The molecule has 0 aromatic heterocycles. The molecule has 0 radical (unpaired) electrons. The van der Waals surface area contributed by atoms with Crippen LogP contribution in [0.25, 0.3) is 0 Å². The molecule has 252 valence electrons. The molecule has 0 aliphatic carbocycles. The number of nitro groups is 1. The molecule has 4 rings (SSSR count). The van der Waals surface area contributed by atoms with Gasteiger partial charge in [0.15, 0.2) is 11.5 Å². The Kier molecular flexibility index (Phi) is 11.2. The van der Waals surface area contributed by atoms with E-state index in [1.165, 1.54) is 49.4 Å². The van der Waals surface area contributed by atoms with E-state index < -0.39 is 44.8 Å². The molecule has 15 nitrogen and oxygen atoms in total. The summed E-state index contributed by atoms with van der Waals surface area (Å²) in [7, 11) is -4.49. The molecule has 2 N–H and O–H groups in total. The van der Waals surface area contributed by atoms with Crippen molar-refractivity contribution < 1.29 is 51.8 Å². The van der Waals surface area contributed by atoms with E-state index in [0.29, 0.717) is 10.2 Å². The molecule has 0 spiro atoms. The zero-order valence-corrected chi connectivity index (χ0v) is 26.7. The van der Waals surface area contributed by atoms with Gasteiger partial charge in [-0.05, 0) is 59.5 Å². The molecule has 47 heavy (non-hydrogen) atoms. The number of non-ortho nitro benzene ring substituents is 1. The van der Waals surface area contributed by atoms with Gasteiger partial charge in [0.2, 0.25) is 6.79 Å². The minimum Gasteiger partial charge on any atom is -0.454 e. The van der Waals surface area contributed by atoms with Crippen molar-refractivity contribution in [1.82, 2.24) is 9.79 Å². The number of hydrogen-bond acceptors (Lipinski definition) is 12. The monoisotopic (exact) mass is 673 g/mol. The van der Waals surface area contributed by atoms with Gasteiger partial charge in [-0.2, -0.15) is 0 Å². The average molecular weight is 674 g/mol. The third kappa shape index (κ3) is 9.78. The second kappa shape index (κ2) is 15.1. The number of benzene rings is 3. The number of ether oxygens (including phenoxy) is 4. The number of amides is 1. The summed E-state index contributed by atoms with van der Waals surface area (Å²) in [4.78, 5) is 40.7. The zero-order chi connectivity index (χ0) is 34.2. The van der Waals surface area contributed by atoms with Crippen LogP contribution in [-0.2, 0) is 26.0 Å². The molecular weight excluding hydrogens is 638 g/mol. The van der Waals surface area contributed by atoms with Crippen molar-refractivity contribution in [2.24, 2.45) is 5.41 Å². The van der Waals surface area contributed by atoms with Gasteiger partial charge >= 0.3 is 12.2 Å². The lowest BCUT2D eigenvalue weighted by Crippen LogP contribution is -2.48. The number of nitro benzene ring substituents is 1. The van der Waals surface area contributed by atoms with E-state index in [0.717, 1.165) is 5.56 Å². The number of carbonyl (C=O) groups is 2. The van der Waals surface area contributed by atoms with Crippen molar-refractivity contribution in [3.8, 4) is 17.2 Å². The van der Waals surface area contributed by atoms with Crippen LogP contribution in [0.3, 0.4) is 0 Å². The molecule has 0 saturated heterocycles. The topological polar surface area (TPSA) is 193 Å². The Bertz CT molecular complexity index is 1660. The number of aliphatic hydroxyl groups excluding tert-OH is 1. The highest BCUT2D eigenvalue weighted by Crippen LogP contribution is 2.35. The highest BCUT2D eigenvalue weighted by Gasteiger charge is 2.36. The summed E-state index contributed by atoms with van der Waals surface area (Å²) in [6, 6.07) is 17.1. The van der Waals surface area contributed by atoms with Crippen LogP contribution in [0.15, 0.2) is 77.7 Å². The average Bonchev–Trinajstić information content (AvgIpc) is 3.49. The van der Waals surface area contributed by atoms with E-state index in [4.69, 9.17) is 23.8 Å². The number of rotatable bonds is 14. The fraction of sp³-hybridized carbons (Fsp3) is 0.355. The Hall–Kier alpha value is -4.93. The summed E-state index contributed by atoms with van der Waals surface area (Å²) in [6.45, 7) is 4.19. The molecule has 1 heterocycles. The number of nitrogens with zero attached hydrogens (tertiary/aromatic N) is 2. The van der Waals surface area contributed by atoms with Gasteiger partial charge in [-0.3, -0.25) is 10.1 Å². The van der Waals surface area contributed by atoms with Gasteiger partial charge in [0.1, 0.15) is 5.75 Å². The number of carbonyl (C=O) groups excluding carboxylic acids is 2. The first-order chi connectivity index (χ1) is 22.2. The van der Waals surface area contributed by atoms with E-state index in [9.17, 15) is 33.2 Å². The molecule has 16 heteroatoms. The first-order valence-corrected chi connectivity index (χ1v) is 15.9. The largest absolute Gasteiger partial charge is 0.513 e. The molecule has 1 aliphatic heterocycles.